The van der Waals surface area contributed by atoms with Crippen LogP contribution in [0, 0.1) is 17.2 Å². The fourth-order valence-corrected chi connectivity index (χ4v) is 2.85. The van der Waals surface area contributed by atoms with E-state index >= 15 is 0 Å². The standard InChI is InChI=1S/C16H22N2O/c1-12-5-3-4-6-15(12)18-11-14-9-13(10-17)7-8-16(14)19-2/h7-9,12,15,18H,3-6,11H2,1-2H3. The Kier molecular flexibility index (Phi) is 4.81. The van der Waals surface area contributed by atoms with Crippen LogP contribution in [0.4, 0.5) is 0 Å². The van der Waals surface area contributed by atoms with E-state index in [9.17, 15) is 0 Å². The van der Waals surface area contributed by atoms with Gasteiger partial charge in [0.15, 0.2) is 0 Å². The molecule has 0 radical (unpaired) electrons. The van der Waals surface area contributed by atoms with Crippen LogP contribution in [0.2, 0.25) is 0 Å². The first-order chi connectivity index (χ1) is 9.24. The van der Waals surface area contributed by atoms with E-state index in [-0.39, 0.29) is 0 Å². The molecule has 1 aromatic rings. The maximum atomic E-state index is 8.97. The van der Waals surface area contributed by atoms with Crippen LogP contribution in [0.25, 0.3) is 0 Å². The molecular weight excluding hydrogens is 236 g/mol. The van der Waals surface area contributed by atoms with Crippen molar-refractivity contribution in [2.24, 2.45) is 5.92 Å². The van der Waals surface area contributed by atoms with Crippen molar-refractivity contribution in [3.05, 3.63) is 29.3 Å². The molecule has 0 aliphatic heterocycles. The van der Waals surface area contributed by atoms with Crippen molar-refractivity contribution >= 4 is 0 Å². The van der Waals surface area contributed by atoms with Crippen LogP contribution in [0.3, 0.4) is 0 Å². The molecule has 0 spiro atoms. The second kappa shape index (κ2) is 6.58. The number of methoxy groups -OCH3 is 1. The van der Waals surface area contributed by atoms with Crippen LogP contribution in [0.15, 0.2) is 18.2 Å². The van der Waals surface area contributed by atoms with Crippen LogP contribution in [-0.2, 0) is 6.54 Å². The number of hydrogen-bond donors (Lipinski definition) is 1. The van der Waals surface area contributed by atoms with Gasteiger partial charge in [-0.05, 0) is 37.0 Å². The Morgan fingerprint density at radius 1 is 1.37 bits per heavy atom. The van der Waals surface area contributed by atoms with E-state index < -0.39 is 0 Å². The van der Waals surface area contributed by atoms with Gasteiger partial charge >= 0.3 is 0 Å². The van der Waals surface area contributed by atoms with E-state index in [2.05, 4.69) is 18.3 Å². The summed E-state index contributed by atoms with van der Waals surface area (Å²) in [6.07, 6.45) is 5.23. The number of benzene rings is 1. The molecule has 1 aliphatic rings. The highest BCUT2D eigenvalue weighted by Gasteiger charge is 2.20. The quantitative estimate of drug-likeness (QED) is 0.901. The average Bonchev–Trinajstić information content (AvgIpc) is 2.46. The normalized spacial score (nSPS) is 22.8. The van der Waals surface area contributed by atoms with Crippen molar-refractivity contribution < 1.29 is 4.74 Å². The highest BCUT2D eigenvalue weighted by molar-refractivity contribution is 5.42. The lowest BCUT2D eigenvalue weighted by atomic mass is 9.86. The highest BCUT2D eigenvalue weighted by Crippen LogP contribution is 2.25. The van der Waals surface area contributed by atoms with Gasteiger partial charge in [0.05, 0.1) is 18.7 Å². The summed E-state index contributed by atoms with van der Waals surface area (Å²) in [7, 11) is 1.67. The van der Waals surface area contributed by atoms with Gasteiger partial charge < -0.3 is 10.1 Å². The molecule has 1 saturated carbocycles. The van der Waals surface area contributed by atoms with Crippen molar-refractivity contribution in [3.63, 3.8) is 0 Å². The van der Waals surface area contributed by atoms with Gasteiger partial charge in [0, 0.05) is 18.2 Å². The van der Waals surface area contributed by atoms with Gasteiger partial charge in [-0.25, -0.2) is 0 Å². The third kappa shape index (κ3) is 3.48. The molecule has 0 bridgehead atoms. The molecule has 19 heavy (non-hydrogen) atoms. The first-order valence-electron chi connectivity index (χ1n) is 7.05. The summed E-state index contributed by atoms with van der Waals surface area (Å²) >= 11 is 0. The molecule has 0 heterocycles. The minimum Gasteiger partial charge on any atom is -0.496 e. The van der Waals surface area contributed by atoms with E-state index in [1.165, 1.54) is 25.7 Å². The smallest absolute Gasteiger partial charge is 0.123 e. The van der Waals surface area contributed by atoms with Gasteiger partial charge in [-0.15, -0.1) is 0 Å². The Hall–Kier alpha value is -1.53. The number of nitrogens with one attached hydrogen (secondary N) is 1. The van der Waals surface area contributed by atoms with E-state index in [0.29, 0.717) is 11.6 Å². The monoisotopic (exact) mass is 258 g/mol. The summed E-state index contributed by atoms with van der Waals surface area (Å²) < 4.78 is 5.36. The molecule has 0 aromatic heterocycles. The Labute approximate surface area is 115 Å². The third-order valence-electron chi connectivity index (χ3n) is 4.08. The minimum absolute atomic E-state index is 0.587. The maximum absolute atomic E-state index is 8.97. The number of nitriles is 1. The summed E-state index contributed by atoms with van der Waals surface area (Å²) in [6.45, 7) is 3.09. The SMILES string of the molecule is COc1ccc(C#N)cc1CNC1CCCCC1C. The average molecular weight is 258 g/mol. The molecule has 2 rings (SSSR count). The first kappa shape index (κ1) is 13.9. The van der Waals surface area contributed by atoms with E-state index in [1.807, 2.05) is 12.1 Å². The van der Waals surface area contributed by atoms with Gasteiger partial charge in [0.1, 0.15) is 5.75 Å². The molecular formula is C16H22N2O. The van der Waals surface area contributed by atoms with E-state index in [0.717, 1.165) is 23.8 Å². The van der Waals surface area contributed by atoms with E-state index in [4.69, 9.17) is 10.00 Å². The lowest BCUT2D eigenvalue weighted by Gasteiger charge is -2.29. The zero-order valence-electron chi connectivity index (χ0n) is 11.8. The lowest BCUT2D eigenvalue weighted by molar-refractivity contribution is 0.278. The number of nitrogens with zero attached hydrogens (tertiary/aromatic N) is 1. The number of hydrogen-bond acceptors (Lipinski definition) is 3. The molecule has 102 valence electrons. The first-order valence-corrected chi connectivity index (χ1v) is 7.05. The van der Waals surface area contributed by atoms with Crippen LogP contribution in [-0.4, -0.2) is 13.2 Å². The molecule has 0 saturated heterocycles. The maximum Gasteiger partial charge on any atom is 0.123 e. The number of ether oxygens (including phenoxy) is 1. The molecule has 1 aromatic carbocycles. The lowest BCUT2D eigenvalue weighted by Crippen LogP contribution is -2.36. The minimum atomic E-state index is 0.587. The number of rotatable bonds is 4. The molecule has 2 atom stereocenters. The van der Waals surface area contributed by atoms with Gasteiger partial charge in [0.25, 0.3) is 0 Å². The fourth-order valence-electron chi connectivity index (χ4n) is 2.85. The summed E-state index contributed by atoms with van der Waals surface area (Å²) in [4.78, 5) is 0. The largest absolute Gasteiger partial charge is 0.496 e. The fraction of sp³-hybridized carbons (Fsp3) is 0.562. The second-order valence-electron chi connectivity index (χ2n) is 5.39. The van der Waals surface area contributed by atoms with Gasteiger partial charge in [-0.2, -0.15) is 5.26 Å². The Bertz CT molecular complexity index is 464. The van der Waals surface area contributed by atoms with Gasteiger partial charge in [-0.3, -0.25) is 0 Å². The van der Waals surface area contributed by atoms with E-state index in [1.54, 1.807) is 13.2 Å². The molecule has 1 fully saturated rings. The Morgan fingerprint density at radius 3 is 2.84 bits per heavy atom. The highest BCUT2D eigenvalue weighted by atomic mass is 16.5. The molecule has 1 N–H and O–H groups in total. The molecule has 2 unspecified atom stereocenters. The molecule has 3 heteroatoms. The summed E-state index contributed by atoms with van der Waals surface area (Å²) in [5.74, 6) is 1.59. The van der Waals surface area contributed by atoms with Crippen molar-refractivity contribution in [3.8, 4) is 11.8 Å². The predicted octanol–water partition coefficient (Wildman–Crippen LogP) is 3.24. The van der Waals surface area contributed by atoms with Crippen molar-refractivity contribution in [1.29, 1.82) is 5.26 Å². The molecule has 1 aliphatic carbocycles. The van der Waals surface area contributed by atoms with Gasteiger partial charge in [0.2, 0.25) is 0 Å². The molecule has 0 amide bonds. The second-order valence-corrected chi connectivity index (χ2v) is 5.39. The zero-order valence-corrected chi connectivity index (χ0v) is 11.8. The Morgan fingerprint density at radius 2 is 2.16 bits per heavy atom. The third-order valence-corrected chi connectivity index (χ3v) is 4.08. The predicted molar refractivity (Wildman–Crippen MR) is 76.0 cm³/mol. The van der Waals surface area contributed by atoms with Crippen LogP contribution >= 0.6 is 0 Å². The van der Waals surface area contributed by atoms with Gasteiger partial charge in [-0.1, -0.05) is 19.8 Å². The van der Waals surface area contributed by atoms with Crippen LogP contribution in [0.5, 0.6) is 5.75 Å². The summed E-state index contributed by atoms with van der Waals surface area (Å²) in [5, 5.41) is 12.6. The zero-order chi connectivity index (χ0) is 13.7. The van der Waals surface area contributed by atoms with Crippen LogP contribution < -0.4 is 10.1 Å². The summed E-state index contributed by atoms with van der Waals surface area (Å²) in [5.41, 5.74) is 1.76. The van der Waals surface area contributed by atoms with Crippen molar-refractivity contribution in [1.82, 2.24) is 5.32 Å². The molecule has 3 nitrogen and oxygen atoms in total. The van der Waals surface area contributed by atoms with Crippen molar-refractivity contribution in [2.45, 2.75) is 45.2 Å². The van der Waals surface area contributed by atoms with Crippen LogP contribution in [0.1, 0.15) is 43.7 Å². The Balaban J connectivity index is 2.03. The summed E-state index contributed by atoms with van der Waals surface area (Å²) in [6, 6.07) is 8.36. The van der Waals surface area contributed by atoms with Crippen molar-refractivity contribution in [2.75, 3.05) is 7.11 Å². The topological polar surface area (TPSA) is 45.0 Å².